The zero-order valence-electron chi connectivity index (χ0n) is 17.7. The molecule has 1 heterocycles. The first-order valence-corrected chi connectivity index (χ1v) is 10.4. The zero-order valence-corrected chi connectivity index (χ0v) is 17.7. The van der Waals surface area contributed by atoms with E-state index < -0.39 is 5.92 Å². The number of aryl methyl sites for hydroxylation is 1. The summed E-state index contributed by atoms with van der Waals surface area (Å²) >= 11 is 0. The summed E-state index contributed by atoms with van der Waals surface area (Å²) in [5.41, 5.74) is 3.75. The van der Waals surface area contributed by atoms with Crippen LogP contribution in [0.4, 0.5) is 5.69 Å². The molecule has 158 valence electrons. The van der Waals surface area contributed by atoms with Gasteiger partial charge in [-0.15, -0.1) is 0 Å². The number of amides is 2. The van der Waals surface area contributed by atoms with Crippen LogP contribution in [0.1, 0.15) is 29.2 Å². The molecule has 5 heteroatoms. The molecule has 0 saturated carbocycles. The van der Waals surface area contributed by atoms with Crippen LogP contribution in [0.15, 0.2) is 78.9 Å². The largest absolute Gasteiger partial charge is 0.495 e. The molecule has 2 amide bonds. The highest BCUT2D eigenvalue weighted by molar-refractivity contribution is 6.01. The van der Waals surface area contributed by atoms with Gasteiger partial charge in [0, 0.05) is 13.0 Å². The van der Waals surface area contributed by atoms with Gasteiger partial charge in [-0.25, -0.2) is 0 Å². The Balaban J connectivity index is 1.55. The molecule has 4 rings (SSSR count). The molecular weight excluding hydrogens is 388 g/mol. The number of carbonyl (C=O) groups is 2. The number of rotatable bonds is 6. The number of methoxy groups -OCH3 is 1. The number of nitrogens with one attached hydrogen (secondary N) is 1. The SMILES string of the molecule is COc1ccc(C)cc1N1CC(C(=O)NC(c2ccccc2)c2ccccc2)CC1=O. The Hall–Kier alpha value is -3.60. The van der Waals surface area contributed by atoms with E-state index >= 15 is 0 Å². The van der Waals surface area contributed by atoms with E-state index in [-0.39, 0.29) is 24.3 Å². The maximum absolute atomic E-state index is 13.2. The maximum atomic E-state index is 13.2. The van der Waals surface area contributed by atoms with E-state index in [2.05, 4.69) is 5.32 Å². The molecule has 0 spiro atoms. The second kappa shape index (κ2) is 9.04. The predicted molar refractivity (Wildman–Crippen MR) is 121 cm³/mol. The number of carbonyl (C=O) groups excluding carboxylic acids is 2. The molecule has 3 aromatic rings. The standard InChI is InChI=1S/C26H26N2O3/c1-18-13-14-23(31-2)22(15-18)28-17-21(16-24(28)29)26(30)27-25(19-9-5-3-6-10-19)20-11-7-4-8-12-20/h3-15,21,25H,16-17H2,1-2H3,(H,27,30). The van der Waals surface area contributed by atoms with Gasteiger partial charge in [0.25, 0.3) is 0 Å². The Labute approximate surface area is 182 Å². The van der Waals surface area contributed by atoms with Crippen molar-refractivity contribution in [1.29, 1.82) is 0 Å². The third-order valence-electron chi connectivity index (χ3n) is 5.67. The van der Waals surface area contributed by atoms with Crippen LogP contribution in [-0.4, -0.2) is 25.5 Å². The summed E-state index contributed by atoms with van der Waals surface area (Å²) in [5.74, 6) is 0.0132. The van der Waals surface area contributed by atoms with E-state index in [1.165, 1.54) is 0 Å². The van der Waals surface area contributed by atoms with E-state index in [0.717, 1.165) is 16.7 Å². The second-order valence-corrected chi connectivity index (χ2v) is 7.84. The van der Waals surface area contributed by atoms with Crippen LogP contribution in [0, 0.1) is 12.8 Å². The Morgan fingerprint density at radius 3 is 2.19 bits per heavy atom. The summed E-state index contributed by atoms with van der Waals surface area (Å²) in [6.45, 7) is 2.30. The number of ether oxygens (including phenoxy) is 1. The highest BCUT2D eigenvalue weighted by Gasteiger charge is 2.37. The minimum Gasteiger partial charge on any atom is -0.495 e. The van der Waals surface area contributed by atoms with Crippen molar-refractivity contribution in [1.82, 2.24) is 5.32 Å². The van der Waals surface area contributed by atoms with Gasteiger partial charge in [-0.1, -0.05) is 66.7 Å². The van der Waals surface area contributed by atoms with Gasteiger partial charge in [0.15, 0.2) is 0 Å². The number of hydrogen-bond donors (Lipinski definition) is 1. The molecule has 31 heavy (non-hydrogen) atoms. The third kappa shape index (κ3) is 4.45. The molecule has 0 aromatic heterocycles. The summed E-state index contributed by atoms with van der Waals surface area (Å²) in [7, 11) is 1.59. The lowest BCUT2D eigenvalue weighted by atomic mass is 9.97. The van der Waals surface area contributed by atoms with Crippen molar-refractivity contribution >= 4 is 17.5 Å². The first kappa shape index (κ1) is 20.7. The Morgan fingerprint density at radius 2 is 1.61 bits per heavy atom. The van der Waals surface area contributed by atoms with Gasteiger partial charge in [-0.3, -0.25) is 9.59 Å². The first-order valence-electron chi connectivity index (χ1n) is 10.4. The van der Waals surface area contributed by atoms with E-state index in [4.69, 9.17) is 4.74 Å². The van der Waals surface area contributed by atoms with Crippen molar-refractivity contribution in [3.63, 3.8) is 0 Å². The summed E-state index contributed by atoms with van der Waals surface area (Å²) < 4.78 is 5.44. The molecule has 1 saturated heterocycles. The summed E-state index contributed by atoms with van der Waals surface area (Å²) in [6, 6.07) is 25.2. The fourth-order valence-corrected chi connectivity index (χ4v) is 4.04. The van der Waals surface area contributed by atoms with Crippen LogP contribution in [0.3, 0.4) is 0 Å². The maximum Gasteiger partial charge on any atom is 0.227 e. The van der Waals surface area contributed by atoms with Crippen LogP contribution in [0.5, 0.6) is 5.75 Å². The Bertz CT molecular complexity index is 1030. The van der Waals surface area contributed by atoms with Crippen molar-refractivity contribution in [2.24, 2.45) is 5.92 Å². The quantitative estimate of drug-likeness (QED) is 0.656. The van der Waals surface area contributed by atoms with Gasteiger partial charge in [-0.05, 0) is 35.7 Å². The lowest BCUT2D eigenvalue weighted by Crippen LogP contribution is -2.36. The number of hydrogen-bond acceptors (Lipinski definition) is 3. The average Bonchev–Trinajstić information content (AvgIpc) is 3.20. The van der Waals surface area contributed by atoms with Gasteiger partial charge in [0.05, 0.1) is 24.8 Å². The molecule has 0 aliphatic carbocycles. The van der Waals surface area contributed by atoms with Gasteiger partial charge in [0.2, 0.25) is 11.8 Å². The predicted octanol–water partition coefficient (Wildman–Crippen LogP) is 4.26. The molecule has 0 radical (unpaired) electrons. The number of anilines is 1. The third-order valence-corrected chi connectivity index (χ3v) is 5.67. The minimum absolute atomic E-state index is 0.0694. The molecule has 0 bridgehead atoms. The first-order chi connectivity index (χ1) is 15.1. The van der Waals surface area contributed by atoms with Crippen molar-refractivity contribution in [3.8, 4) is 5.75 Å². The number of nitrogens with zero attached hydrogens (tertiary/aromatic N) is 1. The van der Waals surface area contributed by atoms with Gasteiger partial charge >= 0.3 is 0 Å². The molecular formula is C26H26N2O3. The van der Waals surface area contributed by atoms with Crippen molar-refractivity contribution in [2.75, 3.05) is 18.6 Å². The van der Waals surface area contributed by atoms with Crippen LogP contribution < -0.4 is 15.0 Å². The molecule has 3 aromatic carbocycles. The van der Waals surface area contributed by atoms with Crippen LogP contribution >= 0.6 is 0 Å². The zero-order chi connectivity index (χ0) is 21.8. The monoisotopic (exact) mass is 414 g/mol. The normalized spacial score (nSPS) is 15.9. The Morgan fingerprint density at radius 1 is 1.00 bits per heavy atom. The average molecular weight is 415 g/mol. The van der Waals surface area contributed by atoms with E-state index in [1.807, 2.05) is 85.8 Å². The van der Waals surface area contributed by atoms with Crippen LogP contribution in [0.2, 0.25) is 0 Å². The summed E-state index contributed by atoms with van der Waals surface area (Å²) in [5, 5.41) is 3.18. The highest BCUT2D eigenvalue weighted by Crippen LogP contribution is 2.34. The van der Waals surface area contributed by atoms with Gasteiger partial charge in [0.1, 0.15) is 5.75 Å². The Kier molecular flexibility index (Phi) is 6.03. The molecule has 1 N–H and O–H groups in total. The molecule has 1 atom stereocenters. The van der Waals surface area contributed by atoms with Crippen molar-refractivity contribution in [2.45, 2.75) is 19.4 Å². The van der Waals surface area contributed by atoms with E-state index in [0.29, 0.717) is 18.0 Å². The van der Waals surface area contributed by atoms with Crippen LogP contribution in [-0.2, 0) is 9.59 Å². The smallest absolute Gasteiger partial charge is 0.227 e. The van der Waals surface area contributed by atoms with Crippen LogP contribution in [0.25, 0.3) is 0 Å². The lowest BCUT2D eigenvalue weighted by molar-refractivity contribution is -0.126. The fraction of sp³-hybridized carbons (Fsp3) is 0.231. The van der Waals surface area contributed by atoms with E-state index in [9.17, 15) is 9.59 Å². The summed E-state index contributed by atoms with van der Waals surface area (Å²) in [4.78, 5) is 27.7. The second-order valence-electron chi connectivity index (χ2n) is 7.84. The molecule has 1 unspecified atom stereocenters. The lowest BCUT2D eigenvalue weighted by Gasteiger charge is -2.23. The van der Waals surface area contributed by atoms with E-state index in [1.54, 1.807) is 12.0 Å². The van der Waals surface area contributed by atoms with Crippen molar-refractivity contribution < 1.29 is 14.3 Å². The fourth-order valence-electron chi connectivity index (χ4n) is 4.04. The van der Waals surface area contributed by atoms with Crippen molar-refractivity contribution in [3.05, 3.63) is 95.6 Å². The topological polar surface area (TPSA) is 58.6 Å². The number of benzene rings is 3. The molecule has 1 fully saturated rings. The van der Waals surface area contributed by atoms with Gasteiger partial charge in [-0.2, -0.15) is 0 Å². The molecule has 1 aliphatic rings. The summed E-state index contributed by atoms with van der Waals surface area (Å²) in [6.07, 6.45) is 0.180. The van der Waals surface area contributed by atoms with Gasteiger partial charge < -0.3 is 15.0 Å². The molecule has 5 nitrogen and oxygen atoms in total. The highest BCUT2D eigenvalue weighted by atomic mass is 16.5. The minimum atomic E-state index is -0.423. The molecule has 1 aliphatic heterocycles.